The first-order chi connectivity index (χ1) is 14.0. The normalized spacial score (nSPS) is 11.4. The minimum absolute atomic E-state index is 0.410. The molecule has 3 nitrogen and oxygen atoms in total. The van der Waals surface area contributed by atoms with Crippen molar-refractivity contribution in [1.82, 2.24) is 4.98 Å². The van der Waals surface area contributed by atoms with Crippen LogP contribution < -0.4 is 0 Å². The minimum atomic E-state index is 0.410. The first kappa shape index (κ1) is 19.8. The van der Waals surface area contributed by atoms with Gasteiger partial charge in [-0.3, -0.25) is 0 Å². The maximum absolute atomic E-state index is 9.61. The average molecular weight is 458 g/mol. The van der Waals surface area contributed by atoms with Gasteiger partial charge < -0.3 is 4.42 Å². The van der Waals surface area contributed by atoms with Crippen LogP contribution in [0.5, 0.6) is 0 Å². The highest BCUT2D eigenvalue weighted by Crippen LogP contribution is 2.35. The van der Waals surface area contributed by atoms with Crippen LogP contribution in [0.2, 0.25) is 15.1 Å². The van der Waals surface area contributed by atoms with E-state index in [2.05, 4.69) is 11.1 Å². The van der Waals surface area contributed by atoms with Crippen molar-refractivity contribution < 1.29 is 4.42 Å². The topological polar surface area (TPSA) is 49.8 Å². The molecule has 2 aromatic heterocycles. The molecule has 0 unspecified atom stereocenters. The Balaban J connectivity index is 1.64. The Kier molecular flexibility index (Phi) is 5.75. The molecule has 2 aromatic carbocycles. The summed E-state index contributed by atoms with van der Waals surface area (Å²) in [6.07, 6.45) is 1.66. The second-order valence-corrected chi connectivity index (χ2v) is 8.10. The van der Waals surface area contributed by atoms with Crippen molar-refractivity contribution in [3.05, 3.63) is 85.8 Å². The van der Waals surface area contributed by atoms with Crippen molar-refractivity contribution in [2.24, 2.45) is 0 Å². The summed E-state index contributed by atoms with van der Waals surface area (Å²) in [5.74, 6) is 1.10. The minimum Gasteiger partial charge on any atom is -0.457 e. The van der Waals surface area contributed by atoms with Crippen LogP contribution in [-0.4, -0.2) is 4.98 Å². The molecule has 0 atom stereocenters. The number of hydrogen-bond acceptors (Lipinski definition) is 4. The highest BCUT2D eigenvalue weighted by molar-refractivity contribution is 7.11. The molecule has 0 amide bonds. The number of aromatic nitrogens is 1. The van der Waals surface area contributed by atoms with E-state index in [1.807, 2.05) is 35.7 Å². The fourth-order valence-electron chi connectivity index (χ4n) is 2.70. The maximum Gasteiger partial charge on any atom is 0.136 e. The highest BCUT2D eigenvalue weighted by Gasteiger charge is 2.13. The highest BCUT2D eigenvalue weighted by atomic mass is 35.5. The molecule has 0 fully saturated rings. The number of benzene rings is 2. The van der Waals surface area contributed by atoms with E-state index in [1.54, 1.807) is 30.3 Å². The molecule has 29 heavy (non-hydrogen) atoms. The molecule has 0 aliphatic rings. The van der Waals surface area contributed by atoms with Gasteiger partial charge in [0.15, 0.2) is 0 Å². The van der Waals surface area contributed by atoms with Crippen molar-refractivity contribution in [3.63, 3.8) is 0 Å². The first-order valence-corrected chi connectivity index (χ1v) is 10.4. The Labute approximate surface area is 186 Å². The summed E-state index contributed by atoms with van der Waals surface area (Å²) in [6, 6.07) is 18.5. The summed E-state index contributed by atoms with van der Waals surface area (Å²) >= 11 is 19.7. The molecule has 0 aliphatic heterocycles. The zero-order valence-electron chi connectivity index (χ0n) is 14.7. The zero-order chi connectivity index (χ0) is 20.4. The predicted octanol–water partition coefficient (Wildman–Crippen LogP) is 8.09. The van der Waals surface area contributed by atoms with Crippen molar-refractivity contribution in [2.75, 3.05) is 0 Å². The Morgan fingerprint density at radius 3 is 2.59 bits per heavy atom. The molecule has 0 aliphatic carbocycles. The standard InChI is InChI=1S/C22H11Cl3N2OS/c23-15-6-4-13(5-7-15)19-12-29-22(27-19)14(11-26)10-16-8-9-20(28-16)17-2-1-3-18(24)21(17)25/h1-10,12H/b14-10+. The number of halogens is 3. The van der Waals surface area contributed by atoms with E-state index in [0.717, 1.165) is 11.3 Å². The van der Waals surface area contributed by atoms with Gasteiger partial charge in [0.25, 0.3) is 0 Å². The predicted molar refractivity (Wildman–Crippen MR) is 120 cm³/mol. The molecular formula is C22H11Cl3N2OS. The van der Waals surface area contributed by atoms with E-state index in [1.165, 1.54) is 11.3 Å². The van der Waals surface area contributed by atoms with Gasteiger partial charge in [0.05, 0.1) is 21.3 Å². The second-order valence-electron chi connectivity index (χ2n) is 6.02. The summed E-state index contributed by atoms with van der Waals surface area (Å²) < 4.78 is 5.86. The largest absolute Gasteiger partial charge is 0.457 e. The Morgan fingerprint density at radius 2 is 1.83 bits per heavy atom. The van der Waals surface area contributed by atoms with Gasteiger partial charge in [-0.1, -0.05) is 53.0 Å². The van der Waals surface area contributed by atoms with Crippen LogP contribution in [0.1, 0.15) is 10.8 Å². The van der Waals surface area contributed by atoms with E-state index in [4.69, 9.17) is 39.2 Å². The van der Waals surface area contributed by atoms with Gasteiger partial charge in [-0.25, -0.2) is 4.98 Å². The van der Waals surface area contributed by atoms with Crippen molar-refractivity contribution >= 4 is 57.8 Å². The smallest absolute Gasteiger partial charge is 0.136 e. The SMILES string of the molecule is N#C/C(=C\c1ccc(-c2cccc(Cl)c2Cl)o1)c1nc(-c2ccc(Cl)cc2)cs1. The van der Waals surface area contributed by atoms with Crippen molar-refractivity contribution in [2.45, 2.75) is 0 Å². The molecule has 0 saturated carbocycles. The first-order valence-electron chi connectivity index (χ1n) is 8.43. The third-order valence-electron chi connectivity index (χ3n) is 4.13. The van der Waals surface area contributed by atoms with Crippen LogP contribution in [0.4, 0.5) is 0 Å². The lowest BCUT2D eigenvalue weighted by Crippen LogP contribution is -1.82. The molecule has 2 heterocycles. The monoisotopic (exact) mass is 456 g/mol. The van der Waals surface area contributed by atoms with Gasteiger partial charge in [-0.05, 0) is 36.4 Å². The van der Waals surface area contributed by atoms with Gasteiger partial charge in [0.2, 0.25) is 0 Å². The summed E-state index contributed by atoms with van der Waals surface area (Å²) in [6.45, 7) is 0. The van der Waals surface area contributed by atoms with E-state index in [-0.39, 0.29) is 0 Å². The number of allylic oxidation sites excluding steroid dienone is 1. The van der Waals surface area contributed by atoms with Gasteiger partial charge in [0.1, 0.15) is 22.6 Å². The molecule has 0 bridgehead atoms. The van der Waals surface area contributed by atoms with Crippen LogP contribution in [0, 0.1) is 11.3 Å². The number of furan rings is 1. The molecule has 7 heteroatoms. The van der Waals surface area contributed by atoms with Crippen molar-refractivity contribution in [1.29, 1.82) is 5.26 Å². The fraction of sp³-hybridized carbons (Fsp3) is 0. The third-order valence-corrected chi connectivity index (χ3v) is 6.07. The lowest BCUT2D eigenvalue weighted by molar-refractivity contribution is 0.572. The van der Waals surface area contributed by atoms with Crippen LogP contribution in [0.3, 0.4) is 0 Å². The van der Waals surface area contributed by atoms with Crippen LogP contribution in [0.25, 0.3) is 34.2 Å². The van der Waals surface area contributed by atoms with Crippen molar-refractivity contribution in [3.8, 4) is 28.7 Å². The molecule has 0 N–H and O–H groups in total. The summed E-state index contributed by atoms with van der Waals surface area (Å²) in [5, 5.41) is 13.7. The van der Waals surface area contributed by atoms with Crippen LogP contribution >= 0.6 is 46.1 Å². The van der Waals surface area contributed by atoms with E-state index >= 15 is 0 Å². The molecular weight excluding hydrogens is 447 g/mol. The molecule has 0 radical (unpaired) electrons. The third kappa shape index (κ3) is 4.24. The lowest BCUT2D eigenvalue weighted by atomic mass is 10.2. The number of hydrogen-bond donors (Lipinski definition) is 0. The molecule has 0 spiro atoms. The Bertz CT molecular complexity index is 1250. The van der Waals surface area contributed by atoms with Gasteiger partial charge >= 0.3 is 0 Å². The van der Waals surface area contributed by atoms with Crippen LogP contribution in [-0.2, 0) is 0 Å². The van der Waals surface area contributed by atoms with E-state index < -0.39 is 0 Å². The van der Waals surface area contributed by atoms with E-state index in [0.29, 0.717) is 42.7 Å². The number of thiazole rings is 1. The Hall–Kier alpha value is -2.55. The van der Waals surface area contributed by atoms with Crippen LogP contribution in [0.15, 0.2) is 64.4 Å². The van der Waals surface area contributed by atoms with Gasteiger partial charge in [0, 0.05) is 27.6 Å². The average Bonchev–Trinajstić information content (AvgIpc) is 3.39. The summed E-state index contributed by atoms with van der Waals surface area (Å²) in [7, 11) is 0. The van der Waals surface area contributed by atoms with Gasteiger partial charge in [-0.15, -0.1) is 11.3 Å². The maximum atomic E-state index is 9.61. The number of nitriles is 1. The fourth-order valence-corrected chi connectivity index (χ4v) is 4.02. The number of rotatable bonds is 4. The molecule has 0 saturated heterocycles. The summed E-state index contributed by atoms with van der Waals surface area (Å²) in [4.78, 5) is 4.57. The molecule has 142 valence electrons. The number of nitrogens with zero attached hydrogens (tertiary/aromatic N) is 2. The lowest BCUT2D eigenvalue weighted by Gasteiger charge is -2.02. The quantitative estimate of drug-likeness (QED) is 0.291. The summed E-state index contributed by atoms with van der Waals surface area (Å²) in [5.41, 5.74) is 2.82. The van der Waals surface area contributed by atoms with Gasteiger partial charge in [-0.2, -0.15) is 5.26 Å². The van der Waals surface area contributed by atoms with E-state index in [9.17, 15) is 5.26 Å². The molecule has 4 rings (SSSR count). The molecule has 4 aromatic rings. The zero-order valence-corrected chi connectivity index (χ0v) is 17.8. The Morgan fingerprint density at radius 1 is 1.03 bits per heavy atom. The second kappa shape index (κ2) is 8.44.